The van der Waals surface area contributed by atoms with E-state index in [-0.39, 0.29) is 29.6 Å². The highest BCUT2D eigenvalue weighted by Gasteiger charge is 2.34. The van der Waals surface area contributed by atoms with Gasteiger partial charge in [-0.25, -0.2) is 4.39 Å². The molecule has 1 heterocycles. The van der Waals surface area contributed by atoms with Crippen molar-refractivity contribution in [3.8, 4) is 0 Å². The molecule has 2 amide bonds. The Bertz CT molecular complexity index is 779. The van der Waals surface area contributed by atoms with Crippen LogP contribution in [-0.2, 0) is 16.1 Å². The lowest BCUT2D eigenvalue weighted by molar-refractivity contribution is -0.133. The van der Waals surface area contributed by atoms with Crippen LogP contribution in [0, 0.1) is 12.7 Å². The lowest BCUT2D eigenvalue weighted by atomic mass is 10.1. The molecule has 3 rings (SSSR count). The minimum absolute atomic E-state index is 0.0199. The largest absolute Gasteiger partial charge is 0.350 e. The molecule has 1 aliphatic rings. The van der Waals surface area contributed by atoms with Crippen LogP contribution in [0.4, 0.5) is 4.39 Å². The Morgan fingerprint density at radius 3 is 2.68 bits per heavy atom. The summed E-state index contributed by atoms with van der Waals surface area (Å²) in [6, 6.07) is 13.9. The molecule has 1 N–H and O–H groups in total. The van der Waals surface area contributed by atoms with Crippen molar-refractivity contribution in [1.29, 1.82) is 0 Å². The molecular formula is C19H19FN2O2S. The maximum Gasteiger partial charge on any atom is 0.239 e. The zero-order chi connectivity index (χ0) is 17.8. The quantitative estimate of drug-likeness (QED) is 0.894. The summed E-state index contributed by atoms with van der Waals surface area (Å²) in [6.07, 6.45) is 0. The highest BCUT2D eigenvalue weighted by molar-refractivity contribution is 8.00. The Balaban J connectivity index is 1.63. The number of aryl methyl sites for hydroxylation is 1. The summed E-state index contributed by atoms with van der Waals surface area (Å²) < 4.78 is 12.9. The van der Waals surface area contributed by atoms with Crippen LogP contribution in [0.25, 0.3) is 0 Å². The highest BCUT2D eigenvalue weighted by Crippen LogP contribution is 2.39. The van der Waals surface area contributed by atoms with Gasteiger partial charge in [-0.05, 0) is 35.7 Å². The summed E-state index contributed by atoms with van der Waals surface area (Å²) in [4.78, 5) is 26.1. The average molecular weight is 358 g/mol. The smallest absolute Gasteiger partial charge is 0.239 e. The number of thioether (sulfide) groups is 1. The van der Waals surface area contributed by atoms with E-state index in [1.165, 1.54) is 23.9 Å². The van der Waals surface area contributed by atoms with E-state index < -0.39 is 0 Å². The summed E-state index contributed by atoms with van der Waals surface area (Å²) >= 11 is 1.54. The van der Waals surface area contributed by atoms with Crippen LogP contribution in [0.1, 0.15) is 22.1 Å². The number of carbonyl (C=O) groups excluding carboxylic acids is 2. The van der Waals surface area contributed by atoms with Crippen molar-refractivity contribution in [1.82, 2.24) is 10.2 Å². The molecule has 1 atom stereocenters. The maximum atomic E-state index is 12.9. The fraction of sp³-hybridized carbons (Fsp3) is 0.263. The van der Waals surface area contributed by atoms with Gasteiger partial charge >= 0.3 is 0 Å². The Hall–Kier alpha value is -2.34. The molecule has 0 aliphatic carbocycles. The Morgan fingerprint density at radius 2 is 1.96 bits per heavy atom. The molecule has 130 valence electrons. The van der Waals surface area contributed by atoms with Crippen molar-refractivity contribution in [3.63, 3.8) is 0 Å². The second-order valence-corrected chi connectivity index (χ2v) is 7.01. The van der Waals surface area contributed by atoms with Crippen LogP contribution in [0.5, 0.6) is 0 Å². The Kier molecular flexibility index (Phi) is 5.38. The number of nitrogens with one attached hydrogen (secondary N) is 1. The van der Waals surface area contributed by atoms with Gasteiger partial charge in [-0.2, -0.15) is 0 Å². The fourth-order valence-corrected chi connectivity index (χ4v) is 4.04. The van der Waals surface area contributed by atoms with Gasteiger partial charge < -0.3 is 10.2 Å². The molecule has 0 aromatic heterocycles. The fourth-order valence-electron chi connectivity index (χ4n) is 2.76. The highest BCUT2D eigenvalue weighted by atomic mass is 32.2. The van der Waals surface area contributed by atoms with E-state index in [2.05, 4.69) is 5.32 Å². The van der Waals surface area contributed by atoms with Crippen molar-refractivity contribution < 1.29 is 14.0 Å². The van der Waals surface area contributed by atoms with Crippen LogP contribution in [-0.4, -0.2) is 29.0 Å². The van der Waals surface area contributed by atoms with Gasteiger partial charge in [-0.15, -0.1) is 11.8 Å². The first-order valence-electron chi connectivity index (χ1n) is 8.02. The number of amides is 2. The van der Waals surface area contributed by atoms with Crippen LogP contribution in [0.3, 0.4) is 0 Å². The predicted molar refractivity (Wildman–Crippen MR) is 96.3 cm³/mol. The molecule has 0 saturated carbocycles. The van der Waals surface area contributed by atoms with Gasteiger partial charge in [0.05, 0.1) is 5.75 Å². The predicted octanol–water partition coefficient (Wildman–Crippen LogP) is 3.02. The van der Waals surface area contributed by atoms with Gasteiger partial charge in [-0.3, -0.25) is 9.59 Å². The topological polar surface area (TPSA) is 49.4 Å². The third kappa shape index (κ3) is 4.20. The first kappa shape index (κ1) is 17.5. The van der Waals surface area contributed by atoms with Crippen molar-refractivity contribution in [2.24, 2.45) is 0 Å². The second-order valence-electron chi connectivity index (χ2n) is 5.94. The van der Waals surface area contributed by atoms with Gasteiger partial charge in [0.2, 0.25) is 11.8 Å². The molecule has 0 unspecified atom stereocenters. The van der Waals surface area contributed by atoms with Crippen LogP contribution in [0.2, 0.25) is 0 Å². The van der Waals surface area contributed by atoms with E-state index in [4.69, 9.17) is 0 Å². The second kappa shape index (κ2) is 7.70. The molecule has 0 bridgehead atoms. The van der Waals surface area contributed by atoms with E-state index >= 15 is 0 Å². The first-order valence-corrected chi connectivity index (χ1v) is 9.07. The SMILES string of the molecule is Cc1ccccc1[C@@H]1SCC(=O)N1CC(=O)NCc1ccc(F)cc1. The van der Waals surface area contributed by atoms with Gasteiger partial charge in [0.25, 0.3) is 0 Å². The standard InChI is InChI=1S/C19H19FN2O2S/c1-13-4-2-3-5-16(13)19-22(18(24)12-25-19)11-17(23)21-10-14-6-8-15(20)9-7-14/h2-9,19H,10-12H2,1H3,(H,21,23)/t19-/m0/s1. The number of hydrogen-bond acceptors (Lipinski definition) is 3. The van der Waals surface area contributed by atoms with Crippen LogP contribution >= 0.6 is 11.8 Å². The first-order chi connectivity index (χ1) is 12.0. The number of halogens is 1. The molecule has 0 spiro atoms. The molecule has 1 aliphatic heterocycles. The molecule has 1 fully saturated rings. The number of carbonyl (C=O) groups is 2. The molecule has 4 nitrogen and oxygen atoms in total. The molecule has 6 heteroatoms. The number of rotatable bonds is 5. The summed E-state index contributed by atoms with van der Waals surface area (Å²) in [5.41, 5.74) is 2.98. The lowest BCUT2D eigenvalue weighted by Crippen LogP contribution is -2.39. The number of hydrogen-bond donors (Lipinski definition) is 1. The molecule has 2 aromatic rings. The van der Waals surface area contributed by atoms with Crippen LogP contribution in [0.15, 0.2) is 48.5 Å². The molecule has 25 heavy (non-hydrogen) atoms. The third-order valence-electron chi connectivity index (χ3n) is 4.14. The lowest BCUT2D eigenvalue weighted by Gasteiger charge is -2.25. The minimum atomic E-state index is -0.309. The monoisotopic (exact) mass is 358 g/mol. The Labute approximate surface area is 150 Å². The third-order valence-corrected chi connectivity index (χ3v) is 5.38. The van der Waals surface area contributed by atoms with Gasteiger partial charge in [-0.1, -0.05) is 36.4 Å². The number of nitrogens with zero attached hydrogens (tertiary/aromatic N) is 1. The van der Waals surface area contributed by atoms with E-state index in [1.54, 1.807) is 17.0 Å². The normalized spacial score (nSPS) is 17.0. The maximum absolute atomic E-state index is 12.9. The van der Waals surface area contributed by atoms with E-state index in [0.29, 0.717) is 12.3 Å². The summed E-state index contributed by atoms with van der Waals surface area (Å²) in [5.74, 6) is -0.186. The molecule has 2 aromatic carbocycles. The van der Waals surface area contributed by atoms with Crippen LogP contribution < -0.4 is 5.32 Å². The Morgan fingerprint density at radius 1 is 1.24 bits per heavy atom. The average Bonchev–Trinajstić information content (AvgIpc) is 2.95. The summed E-state index contributed by atoms with van der Waals surface area (Å²) in [6.45, 7) is 2.33. The molecule has 1 saturated heterocycles. The minimum Gasteiger partial charge on any atom is -0.350 e. The summed E-state index contributed by atoms with van der Waals surface area (Å²) in [5, 5.41) is 2.65. The zero-order valence-electron chi connectivity index (χ0n) is 13.9. The van der Waals surface area contributed by atoms with Gasteiger partial charge in [0, 0.05) is 6.54 Å². The number of benzene rings is 2. The van der Waals surface area contributed by atoms with Gasteiger partial charge in [0.1, 0.15) is 17.7 Å². The van der Waals surface area contributed by atoms with E-state index in [9.17, 15) is 14.0 Å². The van der Waals surface area contributed by atoms with Crippen molar-refractivity contribution in [2.45, 2.75) is 18.8 Å². The van der Waals surface area contributed by atoms with Crippen molar-refractivity contribution in [2.75, 3.05) is 12.3 Å². The summed E-state index contributed by atoms with van der Waals surface area (Å²) in [7, 11) is 0. The zero-order valence-corrected chi connectivity index (χ0v) is 14.7. The van der Waals surface area contributed by atoms with Crippen molar-refractivity contribution in [3.05, 3.63) is 71.0 Å². The molecule has 0 radical (unpaired) electrons. The van der Waals surface area contributed by atoms with E-state index in [1.807, 2.05) is 31.2 Å². The van der Waals surface area contributed by atoms with Crippen molar-refractivity contribution >= 4 is 23.6 Å². The van der Waals surface area contributed by atoms with E-state index in [0.717, 1.165) is 16.7 Å². The molecular weight excluding hydrogens is 339 g/mol. The van der Waals surface area contributed by atoms with Gasteiger partial charge in [0.15, 0.2) is 0 Å².